The van der Waals surface area contributed by atoms with E-state index in [0.717, 1.165) is 38.9 Å². The second kappa shape index (κ2) is 22.0. The standard InChI is InChI=1S/C55H72N8O8/c1-11-55(57-50(66)48(35(3)4)60(9)51(67)38-20-24-61(32-38)47(65)16-14-22-59(7)8)29-36-25-40(27-41(64)26-36)37-17-18-46-42(28-37)43(49(62(46)12-2)44-31-56-21-19-39(44)33-70-10)30-54(5,6)34-71-52(68)45-15-13-23-63(58-45)53(55)69/h17-19,21,25-28,31,35,38,45,48,58,64H,11-13,15,20,22-24,29-30,32-34H2,1-10H3,(H,57,66)/t38-,45-,48-,55-/m0/s1. The quantitative estimate of drug-likeness (QED) is 0.127. The number of ether oxygens (including phenoxy) is 2. The highest BCUT2D eigenvalue weighted by Crippen LogP contribution is 2.42. The van der Waals surface area contributed by atoms with Crippen molar-refractivity contribution in [1.82, 2.24) is 40.0 Å². The SMILES string of the molecule is CCn1c(-c2cnccc2COC)c2c3cc(ccc31)-c1cc(O)cc(c1)C[C@](CC)(NC(=O)[C@H](C(C)C)N(C)C(=O)[C@H]1CCN(C(=O)C#CCN(C)C)C1)C(=O)N1CCC[C@H](N1)C(=O)OCC(C)(C)C2. The Labute approximate surface area is 418 Å². The third kappa shape index (κ3) is 11.4. The number of nitrogens with zero attached hydrogens (tertiary/aromatic N) is 6. The van der Waals surface area contributed by atoms with E-state index in [1.54, 1.807) is 37.4 Å². The number of hydrogen-bond acceptors (Lipinski definition) is 11. The number of rotatable bonds is 11. The van der Waals surface area contributed by atoms with E-state index in [4.69, 9.17) is 9.47 Å². The van der Waals surface area contributed by atoms with Gasteiger partial charge < -0.3 is 34.3 Å². The van der Waals surface area contributed by atoms with E-state index in [1.165, 1.54) is 9.91 Å². The maximum atomic E-state index is 15.3. The van der Waals surface area contributed by atoms with Gasteiger partial charge in [0.15, 0.2) is 0 Å². The Morgan fingerprint density at radius 3 is 2.51 bits per heavy atom. The number of aryl methyl sites for hydroxylation is 1. The van der Waals surface area contributed by atoms with Crippen LogP contribution in [0.25, 0.3) is 33.3 Å². The molecule has 2 aromatic carbocycles. The highest BCUT2D eigenvalue weighted by molar-refractivity contribution is 5.98. The first-order chi connectivity index (χ1) is 33.8. The van der Waals surface area contributed by atoms with Crippen molar-refractivity contribution >= 4 is 40.5 Å². The molecule has 4 amide bonds. The van der Waals surface area contributed by atoms with Gasteiger partial charge >= 0.3 is 5.97 Å². The molecule has 4 atom stereocenters. The molecule has 0 spiro atoms. The summed E-state index contributed by atoms with van der Waals surface area (Å²) >= 11 is 0. The van der Waals surface area contributed by atoms with Crippen molar-refractivity contribution in [3.63, 3.8) is 0 Å². The lowest BCUT2D eigenvalue weighted by Gasteiger charge is -2.42. The lowest BCUT2D eigenvalue weighted by Crippen LogP contribution is -2.68. The number of carbonyl (C=O) groups is 5. The molecule has 4 aromatic rings. The van der Waals surface area contributed by atoms with Gasteiger partial charge in [0.05, 0.1) is 31.4 Å². The van der Waals surface area contributed by atoms with Gasteiger partial charge in [-0.1, -0.05) is 52.7 Å². The predicted molar refractivity (Wildman–Crippen MR) is 272 cm³/mol. The zero-order valence-corrected chi connectivity index (χ0v) is 43.2. The molecule has 71 heavy (non-hydrogen) atoms. The minimum atomic E-state index is -1.61. The van der Waals surface area contributed by atoms with Crippen molar-refractivity contribution in [2.24, 2.45) is 17.3 Å². The van der Waals surface area contributed by atoms with Gasteiger partial charge in [-0.3, -0.25) is 38.9 Å². The molecule has 0 unspecified atom stereocenters. The molecule has 16 heteroatoms. The molecular formula is C55H72N8O8. The summed E-state index contributed by atoms with van der Waals surface area (Å²) in [5, 5.41) is 17.1. The van der Waals surface area contributed by atoms with Gasteiger partial charge in [-0.05, 0) is 123 Å². The molecule has 380 valence electrons. The zero-order valence-electron chi connectivity index (χ0n) is 43.2. The molecule has 0 radical (unpaired) electrons. The van der Waals surface area contributed by atoms with Gasteiger partial charge in [0, 0.05) is 81.0 Å². The predicted octanol–water partition coefficient (Wildman–Crippen LogP) is 5.57. The van der Waals surface area contributed by atoms with Crippen LogP contribution in [-0.2, 0) is 59.4 Å². The fourth-order valence-electron chi connectivity index (χ4n) is 10.6. The number of aromatic nitrogens is 2. The van der Waals surface area contributed by atoms with Crippen molar-refractivity contribution in [2.45, 2.75) is 111 Å². The Hall–Kier alpha value is -6.28. The normalized spacial score (nSPS) is 20.8. The van der Waals surface area contributed by atoms with Crippen LogP contribution in [0, 0.1) is 29.1 Å². The van der Waals surface area contributed by atoms with Crippen LogP contribution in [-0.4, -0.2) is 143 Å². The lowest BCUT2D eigenvalue weighted by atomic mass is 9.83. The molecular weight excluding hydrogens is 901 g/mol. The van der Waals surface area contributed by atoms with E-state index >= 15 is 4.79 Å². The summed E-state index contributed by atoms with van der Waals surface area (Å²) in [6.07, 6.45) is 5.64. The van der Waals surface area contributed by atoms with Gasteiger partial charge in [-0.15, -0.1) is 0 Å². The Bertz CT molecular complexity index is 2720. The molecule has 3 aliphatic rings. The minimum Gasteiger partial charge on any atom is -0.508 e. The highest BCUT2D eigenvalue weighted by Gasteiger charge is 2.47. The van der Waals surface area contributed by atoms with Gasteiger partial charge in [-0.25, -0.2) is 5.43 Å². The molecule has 3 N–H and O–H groups in total. The van der Waals surface area contributed by atoms with Crippen molar-refractivity contribution < 1.29 is 38.6 Å². The van der Waals surface area contributed by atoms with E-state index in [9.17, 15) is 24.3 Å². The largest absolute Gasteiger partial charge is 0.508 e. The topological polar surface area (TPSA) is 179 Å². The van der Waals surface area contributed by atoms with Crippen molar-refractivity contribution in [1.29, 1.82) is 0 Å². The van der Waals surface area contributed by atoms with Crippen LogP contribution < -0.4 is 10.7 Å². The summed E-state index contributed by atoms with van der Waals surface area (Å²) < 4.78 is 14.1. The average molecular weight is 973 g/mol. The van der Waals surface area contributed by atoms with Crippen LogP contribution >= 0.6 is 0 Å². The van der Waals surface area contributed by atoms with Crippen LogP contribution in [0.4, 0.5) is 0 Å². The van der Waals surface area contributed by atoms with Gasteiger partial charge in [0.2, 0.25) is 11.8 Å². The fourth-order valence-corrected chi connectivity index (χ4v) is 10.6. The Morgan fingerprint density at radius 1 is 1.03 bits per heavy atom. The molecule has 7 rings (SSSR count). The van der Waals surface area contributed by atoms with Crippen molar-refractivity contribution in [3.8, 4) is 40.0 Å². The number of cyclic esters (lactones) is 1. The molecule has 2 saturated heterocycles. The molecule has 0 saturated carbocycles. The van der Waals surface area contributed by atoms with Crippen molar-refractivity contribution in [3.05, 3.63) is 71.5 Å². The number of amides is 4. The Balaban J connectivity index is 1.30. The summed E-state index contributed by atoms with van der Waals surface area (Å²) in [4.78, 5) is 81.0. The second-order valence-corrected chi connectivity index (χ2v) is 20.9. The molecule has 3 aliphatic heterocycles. The monoisotopic (exact) mass is 973 g/mol. The van der Waals surface area contributed by atoms with Gasteiger partial charge in [0.1, 0.15) is 23.4 Å². The van der Waals surface area contributed by atoms with Gasteiger partial charge in [-0.2, -0.15) is 0 Å². The first kappa shape index (κ1) is 52.5. The number of hydrogen-bond donors (Lipinski definition) is 3. The van der Waals surface area contributed by atoms with E-state index < -0.39 is 46.7 Å². The third-order valence-corrected chi connectivity index (χ3v) is 14.2. The second-order valence-electron chi connectivity index (χ2n) is 20.9. The fraction of sp³-hybridized carbons (Fsp3) is 0.527. The number of methoxy groups -OCH3 is 1. The number of nitrogens with one attached hydrogen (secondary N) is 2. The number of phenols is 1. The molecule has 6 bridgehead atoms. The first-order valence-electron chi connectivity index (χ1n) is 25.0. The van der Waals surface area contributed by atoms with Crippen LogP contribution in [0.1, 0.15) is 83.9 Å². The summed E-state index contributed by atoms with van der Waals surface area (Å²) in [6.45, 7) is 14.2. The highest BCUT2D eigenvalue weighted by atomic mass is 16.5. The molecule has 0 aliphatic carbocycles. The molecule has 2 aromatic heterocycles. The summed E-state index contributed by atoms with van der Waals surface area (Å²) in [5.41, 5.74) is 8.16. The number of likely N-dealkylation sites (N-methyl/N-ethyl adjacent to an activating group) is 1. The summed E-state index contributed by atoms with van der Waals surface area (Å²) in [7, 11) is 7.00. The number of fused-ring (bicyclic) bond motifs is 6. The van der Waals surface area contributed by atoms with Crippen LogP contribution in [0.15, 0.2) is 54.9 Å². The Morgan fingerprint density at radius 2 is 1.80 bits per heavy atom. The average Bonchev–Trinajstić information content (AvgIpc) is 3.95. The molecule has 2 fully saturated rings. The van der Waals surface area contributed by atoms with Gasteiger partial charge in [0.25, 0.3) is 11.8 Å². The number of phenolic OH excluding ortho intramolecular Hbond substituents is 1. The molecule has 16 nitrogen and oxygen atoms in total. The van der Waals surface area contributed by atoms with E-state index in [2.05, 4.69) is 65.0 Å². The van der Waals surface area contributed by atoms with Crippen LogP contribution in [0.5, 0.6) is 5.75 Å². The number of likely N-dealkylation sites (tertiary alicyclic amines) is 1. The maximum Gasteiger partial charge on any atom is 0.324 e. The van der Waals surface area contributed by atoms with Crippen LogP contribution in [0.3, 0.4) is 0 Å². The van der Waals surface area contributed by atoms with E-state index in [-0.39, 0.29) is 56.0 Å². The number of hydrazine groups is 1. The smallest absolute Gasteiger partial charge is 0.324 e. The Kier molecular flexibility index (Phi) is 16.3. The number of esters is 1. The number of pyridine rings is 1. The minimum absolute atomic E-state index is 0.0133. The number of benzene rings is 2. The van der Waals surface area contributed by atoms with Crippen LogP contribution in [0.2, 0.25) is 0 Å². The van der Waals surface area contributed by atoms with E-state index in [1.807, 2.05) is 64.2 Å². The zero-order chi connectivity index (χ0) is 51.4. The van der Waals surface area contributed by atoms with E-state index in [0.29, 0.717) is 63.1 Å². The summed E-state index contributed by atoms with van der Waals surface area (Å²) in [6, 6.07) is 11.7. The lowest BCUT2D eigenvalue weighted by molar-refractivity contribution is -0.157. The van der Waals surface area contributed by atoms with Crippen molar-refractivity contribution in [2.75, 3.05) is 61.0 Å². The number of carbonyl (C=O) groups excluding carboxylic acids is 5. The molecule has 5 heterocycles. The number of aromatic hydroxyl groups is 1. The maximum absolute atomic E-state index is 15.3. The third-order valence-electron chi connectivity index (χ3n) is 14.2. The summed E-state index contributed by atoms with van der Waals surface area (Å²) in [5.74, 6) is 2.52. The first-order valence-corrected chi connectivity index (χ1v) is 25.0.